The van der Waals surface area contributed by atoms with Crippen LogP contribution in [-0.2, 0) is 9.53 Å². The van der Waals surface area contributed by atoms with Crippen LogP contribution in [0.2, 0.25) is 10.0 Å². The van der Waals surface area contributed by atoms with Gasteiger partial charge in [0.2, 0.25) is 0 Å². The summed E-state index contributed by atoms with van der Waals surface area (Å²) >= 11 is 12.0. The lowest BCUT2D eigenvalue weighted by Gasteiger charge is -2.12. The Morgan fingerprint density at radius 1 is 0.900 bits per heavy atom. The average molecular weight is 456 g/mol. The lowest BCUT2D eigenvalue weighted by atomic mass is 10.2. The van der Waals surface area contributed by atoms with E-state index >= 15 is 0 Å². The van der Waals surface area contributed by atoms with Crippen molar-refractivity contribution in [2.45, 2.75) is 13.8 Å². The number of hydrogen-bond acceptors (Lipinski definition) is 6. The first-order valence-corrected chi connectivity index (χ1v) is 10.1. The van der Waals surface area contributed by atoms with E-state index in [4.69, 9.17) is 42.1 Å². The molecule has 0 heterocycles. The molecule has 7 nitrogen and oxygen atoms in total. The second-order valence-electron chi connectivity index (χ2n) is 5.83. The molecule has 30 heavy (non-hydrogen) atoms. The summed E-state index contributed by atoms with van der Waals surface area (Å²) < 4.78 is 21.4. The minimum Gasteiger partial charge on any atom is -0.490 e. The van der Waals surface area contributed by atoms with E-state index in [0.29, 0.717) is 46.1 Å². The molecule has 0 saturated carbocycles. The molecule has 9 heteroatoms. The van der Waals surface area contributed by atoms with Gasteiger partial charge in [-0.1, -0.05) is 29.3 Å². The first-order chi connectivity index (χ1) is 14.5. The number of nitrogens with one attached hydrogen (secondary N) is 1. The van der Waals surface area contributed by atoms with Crippen LogP contribution in [0.4, 0.5) is 0 Å². The summed E-state index contributed by atoms with van der Waals surface area (Å²) in [4.78, 5) is 24.1. The predicted octanol–water partition coefficient (Wildman–Crippen LogP) is 4.14. The van der Waals surface area contributed by atoms with Gasteiger partial charge in [-0.3, -0.25) is 9.59 Å². The minimum absolute atomic E-state index is 0.0200. The summed E-state index contributed by atoms with van der Waals surface area (Å²) in [7, 11) is 0. The lowest BCUT2D eigenvalue weighted by Crippen LogP contribution is -2.31. The number of amides is 1. The molecule has 162 valence electrons. The van der Waals surface area contributed by atoms with Crippen LogP contribution in [-0.4, -0.2) is 44.8 Å². The van der Waals surface area contributed by atoms with Gasteiger partial charge in [0, 0.05) is 5.56 Å². The zero-order chi connectivity index (χ0) is 21.9. The highest BCUT2D eigenvalue weighted by Gasteiger charge is 2.13. The van der Waals surface area contributed by atoms with Crippen molar-refractivity contribution in [2.24, 2.45) is 0 Å². The monoisotopic (exact) mass is 455 g/mol. The standard InChI is InChI=1S/C21H23Cl2NO6/c1-3-27-17-9-8-14(12-18(17)28-4-2)21(26)24-13-19(25)29-10-11-30-20-15(22)6-5-7-16(20)23/h5-9,12H,3-4,10-11,13H2,1-2H3,(H,24,26). The van der Waals surface area contributed by atoms with Gasteiger partial charge < -0.3 is 24.3 Å². The molecule has 0 aliphatic carbocycles. The highest BCUT2D eigenvalue weighted by atomic mass is 35.5. The van der Waals surface area contributed by atoms with Gasteiger partial charge in [-0.25, -0.2) is 0 Å². The molecule has 2 rings (SSSR count). The van der Waals surface area contributed by atoms with Crippen LogP contribution < -0.4 is 19.5 Å². The van der Waals surface area contributed by atoms with Crippen LogP contribution >= 0.6 is 23.2 Å². The number of rotatable bonds is 11. The van der Waals surface area contributed by atoms with E-state index in [-0.39, 0.29) is 19.8 Å². The molecule has 0 aliphatic rings. The van der Waals surface area contributed by atoms with Gasteiger partial charge >= 0.3 is 5.97 Å². The van der Waals surface area contributed by atoms with Crippen molar-refractivity contribution in [3.63, 3.8) is 0 Å². The number of ether oxygens (including phenoxy) is 4. The molecule has 1 N–H and O–H groups in total. The van der Waals surface area contributed by atoms with E-state index in [9.17, 15) is 9.59 Å². The second-order valence-corrected chi connectivity index (χ2v) is 6.64. The quantitative estimate of drug-likeness (QED) is 0.404. The van der Waals surface area contributed by atoms with Gasteiger partial charge in [0.15, 0.2) is 17.2 Å². The zero-order valence-corrected chi connectivity index (χ0v) is 18.2. The van der Waals surface area contributed by atoms with Gasteiger partial charge in [-0.15, -0.1) is 0 Å². The largest absolute Gasteiger partial charge is 0.490 e. The Labute approximate surface area is 185 Å². The Morgan fingerprint density at radius 3 is 2.23 bits per heavy atom. The second kappa shape index (κ2) is 12.1. The molecule has 0 aromatic heterocycles. The lowest BCUT2D eigenvalue weighted by molar-refractivity contribution is -0.143. The summed E-state index contributed by atoms with van der Waals surface area (Å²) in [6.07, 6.45) is 0. The normalized spacial score (nSPS) is 10.3. The number of carbonyl (C=O) groups is 2. The molecule has 1 amide bonds. The molecule has 0 bridgehead atoms. The average Bonchev–Trinajstić information content (AvgIpc) is 2.72. The molecule has 2 aromatic rings. The molecule has 0 saturated heterocycles. The van der Waals surface area contributed by atoms with Gasteiger partial charge in [-0.05, 0) is 44.2 Å². The molecule has 0 radical (unpaired) electrons. The number of carbonyl (C=O) groups excluding carboxylic acids is 2. The van der Waals surface area contributed by atoms with Crippen molar-refractivity contribution in [1.29, 1.82) is 0 Å². The number of para-hydroxylation sites is 1. The highest BCUT2D eigenvalue weighted by Crippen LogP contribution is 2.32. The zero-order valence-electron chi connectivity index (χ0n) is 16.7. The molecule has 0 aliphatic heterocycles. The summed E-state index contributed by atoms with van der Waals surface area (Å²) in [5.41, 5.74) is 0.339. The van der Waals surface area contributed by atoms with E-state index in [1.54, 1.807) is 36.4 Å². The maximum absolute atomic E-state index is 12.3. The van der Waals surface area contributed by atoms with Crippen molar-refractivity contribution in [3.8, 4) is 17.2 Å². The fraction of sp³-hybridized carbons (Fsp3) is 0.333. The molecular weight excluding hydrogens is 433 g/mol. The van der Waals surface area contributed by atoms with E-state index in [1.807, 2.05) is 13.8 Å². The van der Waals surface area contributed by atoms with Crippen LogP contribution in [0.3, 0.4) is 0 Å². The fourth-order valence-corrected chi connectivity index (χ4v) is 2.92. The third-order valence-corrected chi connectivity index (χ3v) is 4.31. The topological polar surface area (TPSA) is 83.1 Å². The number of esters is 1. The van der Waals surface area contributed by atoms with Crippen LogP contribution in [0.1, 0.15) is 24.2 Å². The van der Waals surface area contributed by atoms with Crippen molar-refractivity contribution < 1.29 is 28.5 Å². The predicted molar refractivity (Wildman–Crippen MR) is 114 cm³/mol. The smallest absolute Gasteiger partial charge is 0.325 e. The van der Waals surface area contributed by atoms with Crippen molar-refractivity contribution >= 4 is 35.1 Å². The minimum atomic E-state index is -0.604. The van der Waals surface area contributed by atoms with Gasteiger partial charge in [-0.2, -0.15) is 0 Å². The van der Waals surface area contributed by atoms with Gasteiger partial charge in [0.25, 0.3) is 5.91 Å². The Morgan fingerprint density at radius 2 is 1.57 bits per heavy atom. The Bertz CT molecular complexity index is 854. The SMILES string of the molecule is CCOc1ccc(C(=O)NCC(=O)OCCOc2c(Cl)cccc2Cl)cc1OCC. The Balaban J connectivity index is 1.79. The highest BCUT2D eigenvalue weighted by molar-refractivity contribution is 6.37. The van der Waals surface area contributed by atoms with Crippen LogP contribution in [0.15, 0.2) is 36.4 Å². The van der Waals surface area contributed by atoms with Gasteiger partial charge in [0.1, 0.15) is 19.8 Å². The fourth-order valence-electron chi connectivity index (χ4n) is 2.42. The maximum Gasteiger partial charge on any atom is 0.325 e. The van der Waals surface area contributed by atoms with E-state index in [1.165, 1.54) is 0 Å². The van der Waals surface area contributed by atoms with Crippen LogP contribution in [0, 0.1) is 0 Å². The molecule has 2 aromatic carbocycles. The Kier molecular flexibility index (Phi) is 9.57. The first-order valence-electron chi connectivity index (χ1n) is 9.36. The van der Waals surface area contributed by atoms with E-state index in [2.05, 4.69) is 5.32 Å². The summed E-state index contributed by atoms with van der Waals surface area (Å²) in [5.74, 6) is 0.299. The molecular formula is C21H23Cl2NO6. The van der Waals surface area contributed by atoms with Crippen LogP contribution in [0.25, 0.3) is 0 Å². The third-order valence-electron chi connectivity index (χ3n) is 3.71. The van der Waals surface area contributed by atoms with E-state index in [0.717, 1.165) is 0 Å². The number of benzene rings is 2. The number of hydrogen-bond donors (Lipinski definition) is 1. The first kappa shape index (κ1) is 23.6. The molecule has 0 spiro atoms. The summed E-state index contributed by atoms with van der Waals surface area (Å²) in [6, 6.07) is 9.79. The van der Waals surface area contributed by atoms with Crippen molar-refractivity contribution in [1.82, 2.24) is 5.32 Å². The van der Waals surface area contributed by atoms with E-state index < -0.39 is 11.9 Å². The number of halogens is 2. The molecule has 0 atom stereocenters. The van der Waals surface area contributed by atoms with Gasteiger partial charge in [0.05, 0.1) is 23.3 Å². The molecule has 0 unspecified atom stereocenters. The van der Waals surface area contributed by atoms with Crippen molar-refractivity contribution in [3.05, 3.63) is 52.0 Å². The maximum atomic E-state index is 12.3. The van der Waals surface area contributed by atoms with Crippen molar-refractivity contribution in [2.75, 3.05) is 33.0 Å². The summed E-state index contributed by atoms with van der Waals surface area (Å²) in [6.45, 7) is 4.36. The Hall–Kier alpha value is -2.64. The third kappa shape index (κ3) is 7.00. The summed E-state index contributed by atoms with van der Waals surface area (Å²) in [5, 5.41) is 3.23. The van der Waals surface area contributed by atoms with Crippen LogP contribution in [0.5, 0.6) is 17.2 Å². The molecule has 0 fully saturated rings.